The van der Waals surface area contributed by atoms with Gasteiger partial charge in [0.05, 0.1) is 13.2 Å². The van der Waals surface area contributed by atoms with E-state index in [-0.39, 0.29) is 6.03 Å². The third kappa shape index (κ3) is 3.43. The molecule has 2 aromatic carbocycles. The van der Waals surface area contributed by atoms with E-state index in [4.69, 9.17) is 9.26 Å². The van der Waals surface area contributed by atoms with Crippen molar-refractivity contribution in [3.05, 3.63) is 66.5 Å². The first-order chi connectivity index (χ1) is 12.8. The number of hydrogen-bond acceptors (Lipinski definition) is 5. The number of amides is 2. The number of carbonyl (C=O) groups excluding carboxylic acids is 1. The molecule has 1 N–H and O–H groups in total. The molecule has 1 aliphatic rings. The zero-order chi connectivity index (χ0) is 17.8. The summed E-state index contributed by atoms with van der Waals surface area (Å²) in [6, 6.07) is 18.3. The van der Waals surface area contributed by atoms with Gasteiger partial charge in [0.2, 0.25) is 0 Å². The molecular weight excluding hydrogens is 332 g/mol. The number of rotatable bonds is 3. The average Bonchev–Trinajstić information content (AvgIpc) is 3.19. The number of benzene rings is 2. The Morgan fingerprint density at radius 2 is 1.81 bits per heavy atom. The van der Waals surface area contributed by atoms with E-state index in [9.17, 15) is 4.79 Å². The van der Waals surface area contributed by atoms with Gasteiger partial charge in [-0.2, -0.15) is 4.98 Å². The van der Waals surface area contributed by atoms with Gasteiger partial charge >= 0.3 is 6.03 Å². The van der Waals surface area contributed by atoms with E-state index in [0.717, 1.165) is 11.3 Å². The Balaban J connectivity index is 1.54. The second kappa shape index (κ2) is 7.37. The maximum absolute atomic E-state index is 12.7. The molecule has 1 saturated heterocycles. The molecule has 132 valence electrons. The summed E-state index contributed by atoms with van der Waals surface area (Å²) in [6.45, 7) is 1.26. The fraction of sp³-hybridized carbons (Fsp3) is 0.211. The SMILES string of the molecule is O=C(Nc1ccccc1)N1CCOC[C@H]1c1noc(-c2ccccc2)n1. The van der Waals surface area contributed by atoms with E-state index in [0.29, 0.717) is 31.5 Å². The summed E-state index contributed by atoms with van der Waals surface area (Å²) in [5, 5.41) is 6.96. The molecule has 2 amide bonds. The lowest BCUT2D eigenvalue weighted by atomic mass is 10.2. The smallest absolute Gasteiger partial charge is 0.322 e. The monoisotopic (exact) mass is 350 g/mol. The minimum Gasteiger partial charge on any atom is -0.377 e. The highest BCUT2D eigenvalue weighted by atomic mass is 16.5. The summed E-state index contributed by atoms with van der Waals surface area (Å²) >= 11 is 0. The number of aromatic nitrogens is 2. The number of para-hydroxylation sites is 1. The van der Waals surface area contributed by atoms with Crippen LogP contribution >= 0.6 is 0 Å². The largest absolute Gasteiger partial charge is 0.377 e. The number of nitrogens with zero attached hydrogens (tertiary/aromatic N) is 3. The van der Waals surface area contributed by atoms with Crippen molar-refractivity contribution < 1.29 is 14.1 Å². The number of ether oxygens (including phenoxy) is 1. The quantitative estimate of drug-likeness (QED) is 0.783. The first kappa shape index (κ1) is 16.3. The molecule has 0 saturated carbocycles. The second-order valence-electron chi connectivity index (χ2n) is 5.90. The van der Waals surface area contributed by atoms with Gasteiger partial charge in [-0.1, -0.05) is 41.6 Å². The lowest BCUT2D eigenvalue weighted by molar-refractivity contribution is 0.0110. The topological polar surface area (TPSA) is 80.5 Å². The molecule has 0 radical (unpaired) electrons. The lowest BCUT2D eigenvalue weighted by Crippen LogP contribution is -2.45. The number of urea groups is 1. The molecule has 7 nitrogen and oxygen atoms in total. The predicted molar refractivity (Wildman–Crippen MR) is 95.5 cm³/mol. The molecule has 1 atom stereocenters. The second-order valence-corrected chi connectivity index (χ2v) is 5.90. The Morgan fingerprint density at radius 1 is 1.08 bits per heavy atom. The molecule has 1 aliphatic heterocycles. The van der Waals surface area contributed by atoms with Crippen molar-refractivity contribution in [2.24, 2.45) is 0 Å². The van der Waals surface area contributed by atoms with Gasteiger partial charge in [-0.15, -0.1) is 0 Å². The van der Waals surface area contributed by atoms with Crippen molar-refractivity contribution in [2.75, 3.05) is 25.1 Å². The highest BCUT2D eigenvalue weighted by molar-refractivity contribution is 5.89. The third-order valence-corrected chi connectivity index (χ3v) is 4.17. The van der Waals surface area contributed by atoms with Crippen molar-refractivity contribution in [1.29, 1.82) is 0 Å². The Labute approximate surface area is 150 Å². The van der Waals surface area contributed by atoms with Gasteiger partial charge in [0.15, 0.2) is 5.82 Å². The minimum absolute atomic E-state index is 0.212. The number of morpholine rings is 1. The Kier molecular flexibility index (Phi) is 4.61. The maximum atomic E-state index is 12.7. The van der Waals surface area contributed by atoms with E-state index >= 15 is 0 Å². The van der Waals surface area contributed by atoms with E-state index < -0.39 is 6.04 Å². The van der Waals surface area contributed by atoms with Gasteiger partial charge in [0.25, 0.3) is 5.89 Å². The van der Waals surface area contributed by atoms with Gasteiger partial charge in [-0.05, 0) is 24.3 Å². The Morgan fingerprint density at radius 3 is 2.58 bits per heavy atom. The van der Waals surface area contributed by atoms with Crippen LogP contribution in [0.2, 0.25) is 0 Å². The van der Waals surface area contributed by atoms with Gasteiger partial charge in [-0.3, -0.25) is 0 Å². The van der Waals surface area contributed by atoms with Crippen molar-refractivity contribution >= 4 is 11.7 Å². The summed E-state index contributed by atoms with van der Waals surface area (Å²) < 4.78 is 10.9. The average molecular weight is 350 g/mol. The molecule has 0 spiro atoms. The molecule has 2 heterocycles. The zero-order valence-corrected chi connectivity index (χ0v) is 14.0. The molecule has 3 aromatic rings. The Bertz CT molecular complexity index is 867. The summed E-state index contributed by atoms with van der Waals surface area (Å²) in [6.07, 6.45) is 0. The van der Waals surface area contributed by atoms with Crippen LogP contribution in [0.1, 0.15) is 11.9 Å². The molecule has 7 heteroatoms. The third-order valence-electron chi connectivity index (χ3n) is 4.17. The molecule has 4 rings (SSSR count). The molecule has 1 fully saturated rings. The molecule has 0 aliphatic carbocycles. The minimum atomic E-state index is -0.395. The number of nitrogens with one attached hydrogen (secondary N) is 1. The molecule has 0 bridgehead atoms. The first-order valence-corrected chi connectivity index (χ1v) is 8.41. The number of hydrogen-bond donors (Lipinski definition) is 1. The molecule has 1 aromatic heterocycles. The van der Waals surface area contributed by atoms with Crippen LogP contribution in [0.25, 0.3) is 11.5 Å². The fourth-order valence-corrected chi connectivity index (χ4v) is 2.85. The molecular formula is C19H18N4O3. The van der Waals surface area contributed by atoms with Crippen LogP contribution in [0, 0.1) is 0 Å². The molecule has 26 heavy (non-hydrogen) atoms. The van der Waals surface area contributed by atoms with Gasteiger partial charge in [0.1, 0.15) is 6.04 Å². The van der Waals surface area contributed by atoms with Crippen LogP contribution in [0.3, 0.4) is 0 Å². The summed E-state index contributed by atoms with van der Waals surface area (Å²) in [5.74, 6) is 0.862. The van der Waals surface area contributed by atoms with Gasteiger partial charge < -0.3 is 19.5 Å². The standard InChI is InChI=1S/C19H18N4O3/c24-19(20-15-9-5-2-6-10-15)23-11-12-25-13-16(23)17-21-18(26-22-17)14-7-3-1-4-8-14/h1-10,16H,11-13H2,(H,20,24)/t16-/m0/s1. The van der Waals surface area contributed by atoms with Crippen molar-refractivity contribution in [2.45, 2.75) is 6.04 Å². The zero-order valence-electron chi connectivity index (χ0n) is 14.0. The van der Waals surface area contributed by atoms with Crippen molar-refractivity contribution in [1.82, 2.24) is 15.0 Å². The Hall–Kier alpha value is -3.19. The van der Waals surface area contributed by atoms with Crippen LogP contribution in [-0.4, -0.2) is 40.8 Å². The fourth-order valence-electron chi connectivity index (χ4n) is 2.85. The van der Waals surface area contributed by atoms with E-state index in [1.54, 1.807) is 4.90 Å². The lowest BCUT2D eigenvalue weighted by Gasteiger charge is -2.33. The summed E-state index contributed by atoms with van der Waals surface area (Å²) in [7, 11) is 0. The summed E-state index contributed by atoms with van der Waals surface area (Å²) in [4.78, 5) is 18.8. The maximum Gasteiger partial charge on any atom is 0.322 e. The highest BCUT2D eigenvalue weighted by Gasteiger charge is 2.32. The van der Waals surface area contributed by atoms with Crippen LogP contribution in [0.5, 0.6) is 0 Å². The van der Waals surface area contributed by atoms with Gasteiger partial charge in [-0.25, -0.2) is 4.79 Å². The predicted octanol–water partition coefficient (Wildman–Crippen LogP) is 3.34. The van der Waals surface area contributed by atoms with Crippen LogP contribution in [-0.2, 0) is 4.74 Å². The van der Waals surface area contributed by atoms with Crippen molar-refractivity contribution in [3.8, 4) is 11.5 Å². The van der Waals surface area contributed by atoms with Crippen LogP contribution in [0.15, 0.2) is 65.2 Å². The highest BCUT2D eigenvalue weighted by Crippen LogP contribution is 2.25. The molecule has 0 unspecified atom stereocenters. The van der Waals surface area contributed by atoms with E-state index in [1.165, 1.54) is 0 Å². The number of carbonyl (C=O) groups is 1. The van der Waals surface area contributed by atoms with Gasteiger partial charge in [0, 0.05) is 17.8 Å². The van der Waals surface area contributed by atoms with Crippen LogP contribution in [0.4, 0.5) is 10.5 Å². The van der Waals surface area contributed by atoms with Crippen molar-refractivity contribution in [3.63, 3.8) is 0 Å². The van der Waals surface area contributed by atoms with E-state index in [2.05, 4.69) is 15.5 Å². The number of anilines is 1. The first-order valence-electron chi connectivity index (χ1n) is 8.41. The normalized spacial score (nSPS) is 17.1. The summed E-state index contributed by atoms with van der Waals surface area (Å²) in [5.41, 5.74) is 1.57. The van der Waals surface area contributed by atoms with E-state index in [1.807, 2.05) is 60.7 Å². The van der Waals surface area contributed by atoms with Crippen LogP contribution < -0.4 is 5.32 Å².